The summed E-state index contributed by atoms with van der Waals surface area (Å²) in [5, 5.41) is 3.72. The van der Waals surface area contributed by atoms with E-state index >= 15 is 0 Å². The van der Waals surface area contributed by atoms with Crippen LogP contribution in [0.15, 0.2) is 0 Å². The Hall–Kier alpha value is -0.0800. The summed E-state index contributed by atoms with van der Waals surface area (Å²) in [6.45, 7) is 11.6. The van der Waals surface area contributed by atoms with Crippen LogP contribution in [-0.2, 0) is 0 Å². The predicted octanol–water partition coefficient (Wildman–Crippen LogP) is 3.91. The molecule has 0 heterocycles. The van der Waals surface area contributed by atoms with Crippen molar-refractivity contribution in [2.24, 2.45) is 11.8 Å². The summed E-state index contributed by atoms with van der Waals surface area (Å²) in [5.41, 5.74) is 0. The van der Waals surface area contributed by atoms with Crippen molar-refractivity contribution in [1.82, 2.24) is 10.2 Å². The van der Waals surface area contributed by atoms with Gasteiger partial charge < -0.3 is 10.2 Å². The highest BCUT2D eigenvalue weighted by Crippen LogP contribution is 2.30. The minimum Gasteiger partial charge on any atom is -0.313 e. The van der Waals surface area contributed by atoms with Gasteiger partial charge in [-0.15, -0.1) is 0 Å². The number of rotatable bonds is 8. The summed E-state index contributed by atoms with van der Waals surface area (Å²) in [6, 6.07) is 1.47. The molecule has 1 N–H and O–H groups in total. The molecule has 3 unspecified atom stereocenters. The highest BCUT2D eigenvalue weighted by Gasteiger charge is 2.31. The van der Waals surface area contributed by atoms with Gasteiger partial charge in [0.05, 0.1) is 0 Å². The van der Waals surface area contributed by atoms with Gasteiger partial charge in [0.15, 0.2) is 0 Å². The highest BCUT2D eigenvalue weighted by atomic mass is 15.2. The summed E-state index contributed by atoms with van der Waals surface area (Å²) in [5.74, 6) is 1.78. The minimum absolute atomic E-state index is 0.718. The van der Waals surface area contributed by atoms with Crippen LogP contribution in [0.25, 0.3) is 0 Å². The predicted molar refractivity (Wildman–Crippen MR) is 85.6 cm³/mol. The van der Waals surface area contributed by atoms with Gasteiger partial charge in [0.1, 0.15) is 0 Å². The molecule has 0 spiro atoms. The van der Waals surface area contributed by atoms with Crippen LogP contribution in [0.4, 0.5) is 0 Å². The van der Waals surface area contributed by atoms with Gasteiger partial charge in [-0.1, -0.05) is 40.5 Å². The Labute approximate surface area is 121 Å². The van der Waals surface area contributed by atoms with Gasteiger partial charge in [-0.05, 0) is 57.7 Å². The summed E-state index contributed by atoms with van der Waals surface area (Å²) < 4.78 is 0. The van der Waals surface area contributed by atoms with Crippen molar-refractivity contribution in [3.8, 4) is 0 Å². The highest BCUT2D eigenvalue weighted by molar-refractivity contribution is 4.90. The molecule has 0 amide bonds. The fourth-order valence-electron chi connectivity index (χ4n) is 3.52. The average Bonchev–Trinajstić information content (AvgIpc) is 2.38. The lowest BCUT2D eigenvalue weighted by molar-refractivity contribution is 0.112. The molecule has 2 heteroatoms. The zero-order chi connectivity index (χ0) is 14.3. The van der Waals surface area contributed by atoms with E-state index < -0.39 is 0 Å². The van der Waals surface area contributed by atoms with Crippen LogP contribution in [-0.4, -0.2) is 37.1 Å². The monoisotopic (exact) mass is 268 g/mol. The topological polar surface area (TPSA) is 15.3 Å². The van der Waals surface area contributed by atoms with Crippen molar-refractivity contribution in [3.63, 3.8) is 0 Å². The first kappa shape index (κ1) is 17.0. The standard InChI is InChI=1S/C17H36N2/c1-6-8-15-9-10-16(18-7-2)17(13-15)19(5)12-11-14(3)4/h14-18H,6-13H2,1-5H3. The Kier molecular flexibility index (Phi) is 8.01. The molecule has 114 valence electrons. The number of likely N-dealkylation sites (N-methyl/N-ethyl adjacent to an activating group) is 2. The summed E-state index contributed by atoms with van der Waals surface area (Å²) in [6.07, 6.45) is 8.30. The number of hydrogen-bond donors (Lipinski definition) is 1. The van der Waals surface area contributed by atoms with E-state index in [1.54, 1.807) is 0 Å². The second kappa shape index (κ2) is 8.97. The van der Waals surface area contributed by atoms with E-state index in [1.165, 1.54) is 45.1 Å². The van der Waals surface area contributed by atoms with Crippen LogP contribution in [0, 0.1) is 11.8 Å². The van der Waals surface area contributed by atoms with Crippen molar-refractivity contribution >= 4 is 0 Å². The molecule has 0 bridgehead atoms. The molecule has 0 aromatic carbocycles. The molecule has 0 radical (unpaired) electrons. The fourth-order valence-corrected chi connectivity index (χ4v) is 3.52. The fraction of sp³-hybridized carbons (Fsp3) is 1.00. The lowest BCUT2D eigenvalue weighted by Crippen LogP contribution is -2.52. The average molecular weight is 268 g/mol. The van der Waals surface area contributed by atoms with Gasteiger partial charge >= 0.3 is 0 Å². The smallest absolute Gasteiger partial charge is 0.0248 e. The number of nitrogens with one attached hydrogen (secondary N) is 1. The van der Waals surface area contributed by atoms with E-state index in [9.17, 15) is 0 Å². The summed E-state index contributed by atoms with van der Waals surface area (Å²) in [4.78, 5) is 2.63. The van der Waals surface area contributed by atoms with E-state index in [4.69, 9.17) is 0 Å². The maximum Gasteiger partial charge on any atom is 0.0248 e. The molecule has 1 aliphatic rings. The molecular weight excluding hydrogens is 232 g/mol. The van der Waals surface area contributed by atoms with E-state index in [0.717, 1.165) is 30.5 Å². The van der Waals surface area contributed by atoms with Crippen LogP contribution in [0.3, 0.4) is 0 Å². The van der Waals surface area contributed by atoms with Crippen LogP contribution in [0.1, 0.15) is 66.2 Å². The molecule has 0 aromatic heterocycles. The Morgan fingerprint density at radius 1 is 1.21 bits per heavy atom. The van der Waals surface area contributed by atoms with Gasteiger partial charge in [0, 0.05) is 12.1 Å². The van der Waals surface area contributed by atoms with Gasteiger partial charge in [-0.3, -0.25) is 0 Å². The zero-order valence-electron chi connectivity index (χ0n) is 13.9. The molecule has 3 atom stereocenters. The van der Waals surface area contributed by atoms with Crippen molar-refractivity contribution in [2.45, 2.75) is 78.3 Å². The molecule has 1 saturated carbocycles. The quantitative estimate of drug-likeness (QED) is 0.718. The maximum atomic E-state index is 3.72. The lowest BCUT2D eigenvalue weighted by Gasteiger charge is -2.42. The minimum atomic E-state index is 0.718. The second-order valence-electron chi connectivity index (χ2n) is 6.86. The van der Waals surface area contributed by atoms with Crippen LogP contribution < -0.4 is 5.32 Å². The zero-order valence-corrected chi connectivity index (χ0v) is 13.9. The van der Waals surface area contributed by atoms with Gasteiger partial charge in [0.2, 0.25) is 0 Å². The van der Waals surface area contributed by atoms with Crippen molar-refractivity contribution < 1.29 is 0 Å². The molecule has 0 aliphatic heterocycles. The van der Waals surface area contributed by atoms with E-state index in [-0.39, 0.29) is 0 Å². The second-order valence-corrected chi connectivity index (χ2v) is 6.86. The molecule has 0 saturated heterocycles. The SMILES string of the molecule is CCCC1CCC(NCC)C(N(C)CCC(C)C)C1. The molecule has 19 heavy (non-hydrogen) atoms. The molecule has 1 rings (SSSR count). The summed E-state index contributed by atoms with van der Waals surface area (Å²) in [7, 11) is 2.34. The van der Waals surface area contributed by atoms with E-state index in [1.807, 2.05) is 0 Å². The number of nitrogens with zero attached hydrogens (tertiary/aromatic N) is 1. The van der Waals surface area contributed by atoms with Crippen molar-refractivity contribution in [1.29, 1.82) is 0 Å². The van der Waals surface area contributed by atoms with E-state index in [2.05, 4.69) is 45.0 Å². The van der Waals surface area contributed by atoms with E-state index in [0.29, 0.717) is 0 Å². The van der Waals surface area contributed by atoms with Crippen LogP contribution in [0.5, 0.6) is 0 Å². The third-order valence-electron chi connectivity index (χ3n) is 4.71. The molecule has 0 aromatic rings. The third kappa shape index (κ3) is 5.83. The Morgan fingerprint density at radius 3 is 2.53 bits per heavy atom. The van der Waals surface area contributed by atoms with Crippen molar-refractivity contribution in [3.05, 3.63) is 0 Å². The third-order valence-corrected chi connectivity index (χ3v) is 4.71. The molecular formula is C17H36N2. The molecule has 1 fully saturated rings. The molecule has 2 nitrogen and oxygen atoms in total. The lowest BCUT2D eigenvalue weighted by atomic mass is 9.79. The first-order valence-corrected chi connectivity index (χ1v) is 8.52. The van der Waals surface area contributed by atoms with Gasteiger partial charge in [-0.2, -0.15) is 0 Å². The first-order valence-electron chi connectivity index (χ1n) is 8.52. The van der Waals surface area contributed by atoms with Crippen molar-refractivity contribution in [2.75, 3.05) is 20.1 Å². The van der Waals surface area contributed by atoms with Gasteiger partial charge in [0.25, 0.3) is 0 Å². The number of hydrogen-bond acceptors (Lipinski definition) is 2. The van der Waals surface area contributed by atoms with Gasteiger partial charge in [-0.25, -0.2) is 0 Å². The Morgan fingerprint density at radius 2 is 1.95 bits per heavy atom. The summed E-state index contributed by atoms with van der Waals surface area (Å²) >= 11 is 0. The van der Waals surface area contributed by atoms with Crippen LogP contribution >= 0.6 is 0 Å². The van der Waals surface area contributed by atoms with Crippen LogP contribution in [0.2, 0.25) is 0 Å². The normalized spacial score (nSPS) is 28.3. The Balaban J connectivity index is 2.54. The first-order chi connectivity index (χ1) is 9.08. The maximum absolute atomic E-state index is 3.72. The molecule has 1 aliphatic carbocycles. The Bertz CT molecular complexity index is 227. The largest absolute Gasteiger partial charge is 0.313 e.